The Kier molecular flexibility index (Phi) is 3.40. The van der Waals surface area contributed by atoms with E-state index in [1.54, 1.807) is 0 Å². The minimum atomic E-state index is -0.468. The van der Waals surface area contributed by atoms with Gasteiger partial charge in [-0.2, -0.15) is 0 Å². The molecule has 3 nitrogen and oxygen atoms in total. The monoisotopic (exact) mass is 236 g/mol. The standard InChI is InChI=1S/C14H20O3/c1-4-16-9-14(3)8-12(15)11-7-10(2)5-6-13(11)17-14/h5-7,12,15H,4,8-9H2,1-3H3. The number of hydrogen-bond donors (Lipinski definition) is 1. The third-order valence-corrected chi connectivity index (χ3v) is 3.12. The van der Waals surface area contributed by atoms with Gasteiger partial charge in [-0.05, 0) is 32.9 Å². The van der Waals surface area contributed by atoms with Crippen LogP contribution in [-0.2, 0) is 4.74 Å². The third-order valence-electron chi connectivity index (χ3n) is 3.12. The molecule has 3 heteroatoms. The summed E-state index contributed by atoms with van der Waals surface area (Å²) in [6.07, 6.45) is 0.104. The van der Waals surface area contributed by atoms with E-state index in [4.69, 9.17) is 9.47 Å². The number of aliphatic hydroxyl groups excluding tert-OH is 1. The van der Waals surface area contributed by atoms with Crippen molar-refractivity contribution in [2.24, 2.45) is 0 Å². The topological polar surface area (TPSA) is 38.7 Å². The molecular formula is C14H20O3. The van der Waals surface area contributed by atoms with Crippen molar-refractivity contribution in [3.8, 4) is 5.75 Å². The van der Waals surface area contributed by atoms with Gasteiger partial charge in [0, 0.05) is 18.6 Å². The fourth-order valence-corrected chi connectivity index (χ4v) is 2.25. The number of hydrogen-bond acceptors (Lipinski definition) is 3. The van der Waals surface area contributed by atoms with Gasteiger partial charge in [-0.25, -0.2) is 0 Å². The number of benzene rings is 1. The van der Waals surface area contributed by atoms with Gasteiger partial charge in [0.25, 0.3) is 0 Å². The SMILES string of the molecule is CCOCC1(C)CC(O)c2cc(C)ccc2O1. The summed E-state index contributed by atoms with van der Waals surface area (Å²) < 4.78 is 11.4. The minimum Gasteiger partial charge on any atom is -0.485 e. The van der Waals surface area contributed by atoms with Crippen LogP contribution in [0.15, 0.2) is 18.2 Å². The largest absolute Gasteiger partial charge is 0.485 e. The predicted octanol–water partition coefficient (Wildman–Crippen LogP) is 2.61. The Bertz CT molecular complexity index is 402. The summed E-state index contributed by atoms with van der Waals surface area (Å²) in [5.41, 5.74) is 1.59. The van der Waals surface area contributed by atoms with E-state index in [9.17, 15) is 5.11 Å². The molecule has 0 aromatic heterocycles. The average molecular weight is 236 g/mol. The van der Waals surface area contributed by atoms with Gasteiger partial charge in [0.2, 0.25) is 0 Å². The molecule has 1 aromatic rings. The molecule has 2 atom stereocenters. The average Bonchev–Trinajstić information content (AvgIpc) is 2.28. The zero-order chi connectivity index (χ0) is 12.5. The van der Waals surface area contributed by atoms with E-state index in [1.165, 1.54) is 0 Å². The lowest BCUT2D eigenvalue weighted by Crippen LogP contribution is -2.42. The van der Waals surface area contributed by atoms with E-state index in [-0.39, 0.29) is 0 Å². The number of aryl methyl sites for hydroxylation is 1. The molecule has 94 valence electrons. The minimum absolute atomic E-state index is 0.433. The lowest BCUT2D eigenvalue weighted by atomic mass is 9.90. The number of aliphatic hydroxyl groups is 1. The lowest BCUT2D eigenvalue weighted by Gasteiger charge is -2.38. The maximum Gasteiger partial charge on any atom is 0.132 e. The van der Waals surface area contributed by atoms with Crippen molar-refractivity contribution in [3.63, 3.8) is 0 Å². The van der Waals surface area contributed by atoms with Crippen molar-refractivity contribution in [2.75, 3.05) is 13.2 Å². The van der Waals surface area contributed by atoms with Crippen LogP contribution >= 0.6 is 0 Å². The lowest BCUT2D eigenvalue weighted by molar-refractivity contribution is -0.0575. The quantitative estimate of drug-likeness (QED) is 0.876. The summed E-state index contributed by atoms with van der Waals surface area (Å²) in [5.74, 6) is 0.775. The number of fused-ring (bicyclic) bond motifs is 1. The van der Waals surface area contributed by atoms with Gasteiger partial charge in [-0.15, -0.1) is 0 Å². The highest BCUT2D eigenvalue weighted by molar-refractivity contribution is 5.40. The maximum absolute atomic E-state index is 10.2. The Hall–Kier alpha value is -1.06. The third kappa shape index (κ3) is 2.61. The second-order valence-corrected chi connectivity index (χ2v) is 4.95. The maximum atomic E-state index is 10.2. The van der Waals surface area contributed by atoms with Crippen LogP contribution in [0.5, 0.6) is 5.75 Å². The second kappa shape index (κ2) is 4.67. The fraction of sp³-hybridized carbons (Fsp3) is 0.571. The zero-order valence-corrected chi connectivity index (χ0v) is 10.7. The molecule has 1 aliphatic heterocycles. The van der Waals surface area contributed by atoms with Crippen LogP contribution in [0.2, 0.25) is 0 Å². The first-order valence-electron chi connectivity index (χ1n) is 6.09. The molecule has 0 aliphatic carbocycles. The van der Waals surface area contributed by atoms with Crippen LogP contribution < -0.4 is 4.74 Å². The molecule has 1 heterocycles. The number of ether oxygens (including phenoxy) is 2. The van der Waals surface area contributed by atoms with Crippen molar-refractivity contribution in [1.29, 1.82) is 0 Å². The summed E-state index contributed by atoms with van der Waals surface area (Å²) in [4.78, 5) is 0. The second-order valence-electron chi connectivity index (χ2n) is 4.95. The molecule has 0 spiro atoms. The van der Waals surface area contributed by atoms with Crippen LogP contribution in [0.4, 0.5) is 0 Å². The van der Waals surface area contributed by atoms with Gasteiger partial charge in [-0.3, -0.25) is 0 Å². The highest BCUT2D eigenvalue weighted by Gasteiger charge is 2.36. The van der Waals surface area contributed by atoms with Crippen molar-refractivity contribution in [2.45, 2.75) is 38.9 Å². The van der Waals surface area contributed by atoms with Gasteiger partial charge in [0.15, 0.2) is 0 Å². The Morgan fingerprint density at radius 1 is 1.53 bits per heavy atom. The first-order valence-corrected chi connectivity index (χ1v) is 6.09. The molecule has 0 bridgehead atoms. The molecule has 1 N–H and O–H groups in total. The number of rotatable bonds is 3. The van der Waals surface area contributed by atoms with Crippen molar-refractivity contribution < 1.29 is 14.6 Å². The Labute approximate surface area is 102 Å². The van der Waals surface area contributed by atoms with Crippen molar-refractivity contribution in [3.05, 3.63) is 29.3 Å². The van der Waals surface area contributed by atoms with E-state index >= 15 is 0 Å². The summed E-state index contributed by atoms with van der Waals surface area (Å²) >= 11 is 0. The molecule has 17 heavy (non-hydrogen) atoms. The first kappa shape index (κ1) is 12.4. The van der Waals surface area contributed by atoms with Gasteiger partial charge < -0.3 is 14.6 Å². The van der Waals surface area contributed by atoms with Crippen LogP contribution in [0.25, 0.3) is 0 Å². The van der Waals surface area contributed by atoms with Gasteiger partial charge in [0.1, 0.15) is 11.4 Å². The van der Waals surface area contributed by atoms with Crippen molar-refractivity contribution >= 4 is 0 Å². The van der Waals surface area contributed by atoms with Crippen LogP contribution in [0.1, 0.15) is 37.5 Å². The van der Waals surface area contributed by atoms with Gasteiger partial charge >= 0.3 is 0 Å². The van der Waals surface area contributed by atoms with Crippen molar-refractivity contribution in [1.82, 2.24) is 0 Å². The molecule has 1 aliphatic rings. The molecular weight excluding hydrogens is 216 g/mol. The van der Waals surface area contributed by atoms with Gasteiger partial charge in [-0.1, -0.05) is 11.6 Å². The summed E-state index contributed by atoms with van der Waals surface area (Å²) in [7, 11) is 0. The Morgan fingerprint density at radius 2 is 2.29 bits per heavy atom. The Morgan fingerprint density at radius 3 is 3.00 bits per heavy atom. The smallest absolute Gasteiger partial charge is 0.132 e. The fourth-order valence-electron chi connectivity index (χ4n) is 2.25. The van der Waals surface area contributed by atoms with E-state index in [0.29, 0.717) is 19.6 Å². The molecule has 0 amide bonds. The van der Waals surface area contributed by atoms with Gasteiger partial charge in [0.05, 0.1) is 12.7 Å². The molecule has 1 aromatic carbocycles. The van der Waals surface area contributed by atoms with Crippen LogP contribution in [0.3, 0.4) is 0 Å². The van der Waals surface area contributed by atoms with Crippen LogP contribution in [0, 0.1) is 6.92 Å². The predicted molar refractivity (Wildman–Crippen MR) is 66.3 cm³/mol. The van der Waals surface area contributed by atoms with Crippen LogP contribution in [-0.4, -0.2) is 23.9 Å². The highest BCUT2D eigenvalue weighted by Crippen LogP contribution is 2.39. The first-order chi connectivity index (χ1) is 8.04. The summed E-state index contributed by atoms with van der Waals surface area (Å²) in [5, 5.41) is 10.2. The molecule has 0 saturated heterocycles. The zero-order valence-electron chi connectivity index (χ0n) is 10.7. The van der Waals surface area contributed by atoms with E-state index in [0.717, 1.165) is 16.9 Å². The Balaban J connectivity index is 2.23. The molecule has 2 rings (SSSR count). The van der Waals surface area contributed by atoms with E-state index in [1.807, 2.05) is 39.0 Å². The molecule has 2 unspecified atom stereocenters. The summed E-state index contributed by atoms with van der Waals surface area (Å²) in [6, 6.07) is 5.91. The summed E-state index contributed by atoms with van der Waals surface area (Å²) in [6.45, 7) is 7.12. The normalized spacial score (nSPS) is 27.4. The molecule has 0 saturated carbocycles. The van der Waals surface area contributed by atoms with E-state index in [2.05, 4.69) is 0 Å². The molecule has 0 radical (unpaired) electrons. The highest BCUT2D eigenvalue weighted by atomic mass is 16.5. The van der Waals surface area contributed by atoms with E-state index < -0.39 is 11.7 Å². The molecule has 0 fully saturated rings.